The van der Waals surface area contributed by atoms with Gasteiger partial charge in [-0.05, 0) is 40.5 Å². The SMILES string of the molecule is Cc1ccc(Br)c(C#CC(=O)O)c1. The van der Waals surface area contributed by atoms with Crippen molar-refractivity contribution >= 4 is 21.9 Å². The Morgan fingerprint density at radius 2 is 2.23 bits per heavy atom. The zero-order chi connectivity index (χ0) is 9.84. The molecule has 0 atom stereocenters. The van der Waals surface area contributed by atoms with Gasteiger partial charge in [0.05, 0.1) is 0 Å². The molecule has 0 heterocycles. The maximum Gasteiger partial charge on any atom is 0.382 e. The number of aryl methyl sites for hydroxylation is 1. The Morgan fingerprint density at radius 3 is 2.85 bits per heavy atom. The van der Waals surface area contributed by atoms with Crippen molar-refractivity contribution in [3.8, 4) is 11.8 Å². The highest BCUT2D eigenvalue weighted by Gasteiger charge is 1.96. The molecule has 3 heteroatoms. The van der Waals surface area contributed by atoms with E-state index in [0.29, 0.717) is 5.56 Å². The van der Waals surface area contributed by atoms with Gasteiger partial charge in [-0.1, -0.05) is 12.0 Å². The quantitative estimate of drug-likeness (QED) is 0.704. The molecule has 0 amide bonds. The Kier molecular flexibility index (Phi) is 3.10. The van der Waals surface area contributed by atoms with E-state index in [1.165, 1.54) is 0 Å². The van der Waals surface area contributed by atoms with E-state index in [-0.39, 0.29) is 0 Å². The van der Waals surface area contributed by atoms with Gasteiger partial charge in [-0.25, -0.2) is 4.79 Å². The molecular formula is C10H7BrO2. The Balaban J connectivity index is 3.09. The van der Waals surface area contributed by atoms with Crippen molar-refractivity contribution in [2.75, 3.05) is 0 Å². The van der Waals surface area contributed by atoms with Crippen molar-refractivity contribution in [3.63, 3.8) is 0 Å². The second kappa shape index (κ2) is 4.11. The highest BCUT2D eigenvalue weighted by Crippen LogP contribution is 2.16. The second-order valence-electron chi connectivity index (χ2n) is 2.54. The lowest BCUT2D eigenvalue weighted by atomic mass is 10.1. The molecule has 13 heavy (non-hydrogen) atoms. The van der Waals surface area contributed by atoms with Gasteiger partial charge in [0.25, 0.3) is 0 Å². The molecule has 1 aromatic rings. The van der Waals surface area contributed by atoms with E-state index in [9.17, 15) is 4.79 Å². The third-order valence-electron chi connectivity index (χ3n) is 1.43. The fourth-order valence-corrected chi connectivity index (χ4v) is 1.20. The van der Waals surface area contributed by atoms with Crippen molar-refractivity contribution < 1.29 is 9.90 Å². The molecule has 0 aliphatic heterocycles. The minimum Gasteiger partial charge on any atom is -0.472 e. The van der Waals surface area contributed by atoms with Gasteiger partial charge >= 0.3 is 5.97 Å². The van der Waals surface area contributed by atoms with Gasteiger partial charge in [0.15, 0.2) is 0 Å². The lowest BCUT2D eigenvalue weighted by Gasteiger charge is -1.96. The lowest BCUT2D eigenvalue weighted by Crippen LogP contribution is -1.88. The summed E-state index contributed by atoms with van der Waals surface area (Å²) < 4.78 is 0.812. The summed E-state index contributed by atoms with van der Waals surface area (Å²) in [6.45, 7) is 1.93. The first-order valence-electron chi connectivity index (χ1n) is 3.60. The van der Waals surface area contributed by atoms with Crippen LogP contribution in [0.1, 0.15) is 11.1 Å². The number of carboxylic acids is 1. The standard InChI is InChI=1S/C10H7BrO2/c1-7-2-4-9(11)8(6-7)3-5-10(12)13/h2,4,6H,1H3,(H,12,13). The number of hydrogen-bond donors (Lipinski definition) is 1. The van der Waals surface area contributed by atoms with Crippen molar-refractivity contribution in [2.24, 2.45) is 0 Å². The van der Waals surface area contributed by atoms with Crippen LogP contribution >= 0.6 is 15.9 Å². The molecule has 1 aromatic carbocycles. The summed E-state index contributed by atoms with van der Waals surface area (Å²) in [5, 5.41) is 8.35. The summed E-state index contributed by atoms with van der Waals surface area (Å²) in [7, 11) is 0. The van der Waals surface area contributed by atoms with E-state index in [1.807, 2.05) is 25.1 Å². The van der Waals surface area contributed by atoms with Crippen molar-refractivity contribution in [3.05, 3.63) is 33.8 Å². The summed E-state index contributed by atoms with van der Waals surface area (Å²) >= 11 is 3.29. The van der Waals surface area contributed by atoms with Crippen LogP contribution in [0.25, 0.3) is 0 Å². The molecule has 0 aliphatic carbocycles. The van der Waals surface area contributed by atoms with E-state index in [2.05, 4.69) is 27.8 Å². The van der Waals surface area contributed by atoms with Gasteiger partial charge < -0.3 is 5.11 Å². The van der Waals surface area contributed by atoms with Crippen molar-refractivity contribution in [1.29, 1.82) is 0 Å². The first kappa shape index (κ1) is 9.82. The second-order valence-corrected chi connectivity index (χ2v) is 3.39. The van der Waals surface area contributed by atoms with E-state index in [1.54, 1.807) is 0 Å². The minimum absolute atomic E-state index is 0.697. The molecule has 0 unspecified atom stereocenters. The van der Waals surface area contributed by atoms with E-state index in [4.69, 9.17) is 5.11 Å². The van der Waals surface area contributed by atoms with Gasteiger partial charge in [0.2, 0.25) is 0 Å². The number of benzene rings is 1. The molecule has 0 aliphatic rings. The predicted molar refractivity (Wildman–Crippen MR) is 53.4 cm³/mol. The predicted octanol–water partition coefficient (Wildman–Crippen LogP) is 2.19. The van der Waals surface area contributed by atoms with Crippen LogP contribution in [0.4, 0.5) is 0 Å². The first-order chi connectivity index (χ1) is 6.09. The van der Waals surface area contributed by atoms with Crippen molar-refractivity contribution in [2.45, 2.75) is 6.92 Å². The van der Waals surface area contributed by atoms with E-state index in [0.717, 1.165) is 10.0 Å². The molecule has 0 bridgehead atoms. The molecule has 0 aromatic heterocycles. The maximum atomic E-state index is 10.2. The highest BCUT2D eigenvalue weighted by molar-refractivity contribution is 9.10. The number of hydrogen-bond acceptors (Lipinski definition) is 1. The Labute approximate surface area is 84.7 Å². The Bertz CT molecular complexity index is 399. The van der Waals surface area contributed by atoms with Crippen molar-refractivity contribution in [1.82, 2.24) is 0 Å². The summed E-state index contributed by atoms with van der Waals surface area (Å²) in [4.78, 5) is 10.2. The summed E-state index contributed by atoms with van der Waals surface area (Å²) in [5.74, 6) is 3.51. The van der Waals surface area contributed by atoms with Crippen LogP contribution in [0.15, 0.2) is 22.7 Å². The number of carbonyl (C=O) groups is 1. The molecule has 0 spiro atoms. The van der Waals surface area contributed by atoms with E-state index >= 15 is 0 Å². The fraction of sp³-hybridized carbons (Fsp3) is 0.100. The van der Waals surface area contributed by atoms with Gasteiger partial charge in [-0.2, -0.15) is 0 Å². The maximum absolute atomic E-state index is 10.2. The highest BCUT2D eigenvalue weighted by atomic mass is 79.9. The molecule has 0 fully saturated rings. The molecule has 1 N–H and O–H groups in total. The largest absolute Gasteiger partial charge is 0.472 e. The molecule has 0 saturated heterocycles. The molecular weight excluding hydrogens is 232 g/mol. The van der Waals surface area contributed by atoms with Gasteiger partial charge in [0, 0.05) is 16.0 Å². The average Bonchev–Trinajstić information content (AvgIpc) is 2.06. The van der Waals surface area contributed by atoms with Crippen LogP contribution in [0, 0.1) is 18.8 Å². The average molecular weight is 239 g/mol. The van der Waals surface area contributed by atoms with Crippen LogP contribution < -0.4 is 0 Å². The molecule has 0 radical (unpaired) electrons. The molecule has 1 rings (SSSR count). The molecule has 66 valence electrons. The van der Waals surface area contributed by atoms with Crippen LogP contribution in [0.5, 0.6) is 0 Å². The Hall–Kier alpha value is -1.27. The summed E-state index contributed by atoms with van der Waals surface area (Å²) in [5.41, 5.74) is 1.75. The fourth-order valence-electron chi connectivity index (χ4n) is 0.856. The normalized spacial score (nSPS) is 8.77. The topological polar surface area (TPSA) is 37.3 Å². The van der Waals surface area contributed by atoms with Crippen LogP contribution in [0.2, 0.25) is 0 Å². The smallest absolute Gasteiger partial charge is 0.382 e. The third-order valence-corrected chi connectivity index (χ3v) is 2.12. The molecule has 2 nitrogen and oxygen atoms in total. The minimum atomic E-state index is -1.12. The number of rotatable bonds is 0. The summed E-state index contributed by atoms with van der Waals surface area (Å²) in [6.07, 6.45) is 0. The van der Waals surface area contributed by atoms with Gasteiger partial charge in [0.1, 0.15) is 0 Å². The third kappa shape index (κ3) is 2.92. The Morgan fingerprint density at radius 1 is 1.54 bits per heavy atom. The number of halogens is 1. The number of aliphatic carboxylic acids is 1. The van der Waals surface area contributed by atoms with Crippen LogP contribution in [0.3, 0.4) is 0 Å². The van der Waals surface area contributed by atoms with Gasteiger partial charge in [-0.15, -0.1) is 0 Å². The zero-order valence-electron chi connectivity index (χ0n) is 6.97. The summed E-state index contributed by atoms with van der Waals surface area (Å²) in [6, 6.07) is 5.61. The molecule has 0 saturated carbocycles. The number of carboxylic acid groups (broad SMARTS) is 1. The monoisotopic (exact) mass is 238 g/mol. The zero-order valence-corrected chi connectivity index (χ0v) is 8.55. The lowest BCUT2D eigenvalue weighted by molar-refractivity contribution is -0.130. The van der Waals surface area contributed by atoms with E-state index < -0.39 is 5.97 Å². The first-order valence-corrected chi connectivity index (χ1v) is 4.40. The van der Waals surface area contributed by atoms with Gasteiger partial charge in [-0.3, -0.25) is 0 Å². The van der Waals surface area contributed by atoms with Crippen LogP contribution in [-0.4, -0.2) is 11.1 Å². The van der Waals surface area contributed by atoms with Crippen LogP contribution in [-0.2, 0) is 4.79 Å².